The first-order valence-electron chi connectivity index (χ1n) is 13.3. The average molecular weight is 583 g/mol. The molecule has 3 heterocycles. The maximum absolute atomic E-state index is 15.1. The number of piperazine rings is 1. The lowest BCUT2D eigenvalue weighted by atomic mass is 10.1. The Hall–Kier alpha value is -3.90. The molecule has 0 saturated carbocycles. The summed E-state index contributed by atoms with van der Waals surface area (Å²) >= 11 is 0. The first-order chi connectivity index (χ1) is 19.3. The van der Waals surface area contributed by atoms with Crippen LogP contribution in [0.25, 0.3) is 22.2 Å². The van der Waals surface area contributed by atoms with Crippen LogP contribution in [0.2, 0.25) is 0 Å². The topological polar surface area (TPSA) is 109 Å². The maximum Gasteiger partial charge on any atom is 0.260 e. The summed E-state index contributed by atoms with van der Waals surface area (Å²) in [4.78, 5) is 24.3. The van der Waals surface area contributed by atoms with Crippen molar-refractivity contribution in [1.82, 2.24) is 19.9 Å². The van der Waals surface area contributed by atoms with E-state index in [1.165, 1.54) is 35.0 Å². The Morgan fingerprint density at radius 2 is 1.71 bits per heavy atom. The van der Waals surface area contributed by atoms with E-state index in [0.29, 0.717) is 35.5 Å². The third kappa shape index (κ3) is 5.80. The van der Waals surface area contributed by atoms with E-state index in [9.17, 15) is 13.2 Å². The van der Waals surface area contributed by atoms with Gasteiger partial charge in [-0.1, -0.05) is 0 Å². The minimum Gasteiger partial charge on any atom is -0.366 e. The van der Waals surface area contributed by atoms with Gasteiger partial charge in [-0.3, -0.25) is 9.36 Å². The van der Waals surface area contributed by atoms with E-state index >= 15 is 8.78 Å². The van der Waals surface area contributed by atoms with E-state index in [1.807, 2.05) is 4.90 Å². The zero-order valence-corrected chi connectivity index (χ0v) is 24.3. The van der Waals surface area contributed by atoms with Gasteiger partial charge in [-0.15, -0.1) is 0 Å². The van der Waals surface area contributed by atoms with Crippen LogP contribution >= 0.6 is 0 Å². The quantitative estimate of drug-likeness (QED) is 0.338. The van der Waals surface area contributed by atoms with E-state index in [-0.39, 0.29) is 45.9 Å². The van der Waals surface area contributed by atoms with Crippen molar-refractivity contribution in [3.63, 3.8) is 0 Å². The Morgan fingerprint density at radius 1 is 1.00 bits per heavy atom. The Bertz CT molecular complexity index is 1800. The largest absolute Gasteiger partial charge is 0.366 e. The van der Waals surface area contributed by atoms with Crippen LogP contribution in [0.4, 0.5) is 26.1 Å². The fourth-order valence-corrected chi connectivity index (χ4v) is 5.92. The van der Waals surface area contributed by atoms with Gasteiger partial charge >= 0.3 is 0 Å². The molecule has 5 rings (SSSR count). The van der Waals surface area contributed by atoms with Gasteiger partial charge in [0.1, 0.15) is 17.3 Å². The predicted octanol–water partition coefficient (Wildman–Crippen LogP) is 4.65. The van der Waals surface area contributed by atoms with Gasteiger partial charge in [0.25, 0.3) is 5.56 Å². The third-order valence-corrected chi connectivity index (χ3v) is 8.16. The standard InChI is InChI=1S/C29H32F2N6O3S/c1-16(2)37-27-19(10-23(28(37)38)22-8-7-21(12-24(22)30)41(5,39)40)13-32-29(35-27)34-20-6-9-26(25(31)11-20)36-14-17(3)33-18(4)15-36/h6-13,16-18,33H,14-15H2,1-5H3,(H,32,34,35)/t17-,18+. The molecule has 0 amide bonds. The molecule has 2 N–H and O–H groups in total. The zero-order chi connectivity index (χ0) is 29.6. The van der Waals surface area contributed by atoms with Crippen molar-refractivity contribution in [3.8, 4) is 11.1 Å². The first-order valence-corrected chi connectivity index (χ1v) is 15.2. The smallest absolute Gasteiger partial charge is 0.260 e. The summed E-state index contributed by atoms with van der Waals surface area (Å²) in [5.41, 5.74) is 0.837. The molecule has 1 saturated heterocycles. The predicted molar refractivity (Wildman–Crippen MR) is 157 cm³/mol. The molecule has 0 aliphatic carbocycles. The number of halogens is 2. The number of nitrogens with one attached hydrogen (secondary N) is 2. The Labute approximate surface area is 237 Å². The van der Waals surface area contributed by atoms with Crippen molar-refractivity contribution in [1.29, 1.82) is 0 Å². The van der Waals surface area contributed by atoms with Crippen molar-refractivity contribution in [3.05, 3.63) is 70.6 Å². The van der Waals surface area contributed by atoms with E-state index in [4.69, 9.17) is 0 Å². The van der Waals surface area contributed by atoms with Crippen molar-refractivity contribution >= 4 is 38.2 Å². The molecule has 1 aliphatic rings. The number of pyridine rings is 1. The summed E-state index contributed by atoms with van der Waals surface area (Å²) < 4.78 is 55.2. The van der Waals surface area contributed by atoms with Crippen molar-refractivity contribution in [2.75, 3.05) is 29.6 Å². The molecule has 4 aromatic rings. The van der Waals surface area contributed by atoms with Crippen LogP contribution in [0, 0.1) is 11.6 Å². The van der Waals surface area contributed by atoms with E-state index in [0.717, 1.165) is 12.3 Å². The van der Waals surface area contributed by atoms with Gasteiger partial charge < -0.3 is 15.5 Å². The Kier molecular flexibility index (Phi) is 7.56. The van der Waals surface area contributed by atoms with Crippen LogP contribution in [0.5, 0.6) is 0 Å². The highest BCUT2D eigenvalue weighted by atomic mass is 32.2. The molecular weight excluding hydrogens is 550 g/mol. The summed E-state index contributed by atoms with van der Waals surface area (Å²) in [6.45, 7) is 9.13. The number of nitrogens with zero attached hydrogens (tertiary/aromatic N) is 4. The van der Waals surface area contributed by atoms with Crippen LogP contribution in [0.15, 0.2) is 58.4 Å². The summed E-state index contributed by atoms with van der Waals surface area (Å²) in [5, 5.41) is 6.94. The highest BCUT2D eigenvalue weighted by Crippen LogP contribution is 2.29. The van der Waals surface area contributed by atoms with Crippen molar-refractivity contribution in [2.24, 2.45) is 0 Å². The highest BCUT2D eigenvalue weighted by Gasteiger charge is 2.24. The van der Waals surface area contributed by atoms with E-state index in [2.05, 4.69) is 34.4 Å². The molecule has 2 aromatic heterocycles. The fraction of sp³-hybridized carbons (Fsp3) is 0.345. The average Bonchev–Trinajstić information content (AvgIpc) is 2.87. The molecule has 2 aromatic carbocycles. The molecule has 0 bridgehead atoms. The van der Waals surface area contributed by atoms with Gasteiger partial charge in [0, 0.05) is 60.3 Å². The molecule has 2 atom stereocenters. The second-order valence-electron chi connectivity index (χ2n) is 10.9. The number of fused-ring (bicyclic) bond motifs is 1. The molecule has 216 valence electrons. The second-order valence-corrected chi connectivity index (χ2v) is 12.9. The highest BCUT2D eigenvalue weighted by molar-refractivity contribution is 7.90. The summed E-state index contributed by atoms with van der Waals surface area (Å²) in [6, 6.07) is 9.97. The summed E-state index contributed by atoms with van der Waals surface area (Å²) in [5.74, 6) is -1.03. The maximum atomic E-state index is 15.1. The Morgan fingerprint density at radius 3 is 2.32 bits per heavy atom. The SMILES string of the molecule is CC(C)n1c(=O)c(-c2ccc(S(C)(=O)=O)cc2F)cc2cnc(Nc3ccc(N4C[C@@H](C)N[C@@H](C)C4)c(F)c3)nc21. The molecule has 12 heteroatoms. The van der Waals surface area contributed by atoms with Gasteiger partial charge in [-0.05, 0) is 70.2 Å². The number of sulfone groups is 1. The number of aromatic nitrogens is 3. The minimum absolute atomic E-state index is 0.0234. The molecule has 0 radical (unpaired) electrons. The third-order valence-electron chi connectivity index (χ3n) is 7.05. The number of hydrogen-bond acceptors (Lipinski definition) is 8. The molecule has 0 unspecified atom stereocenters. The number of hydrogen-bond donors (Lipinski definition) is 2. The molecule has 0 spiro atoms. The summed E-state index contributed by atoms with van der Waals surface area (Å²) in [6.07, 6.45) is 2.49. The van der Waals surface area contributed by atoms with Crippen LogP contribution in [-0.2, 0) is 9.84 Å². The molecule has 1 aliphatic heterocycles. The second kappa shape index (κ2) is 10.8. The van der Waals surface area contributed by atoms with Gasteiger partial charge in [-0.25, -0.2) is 22.2 Å². The summed E-state index contributed by atoms with van der Waals surface area (Å²) in [7, 11) is -3.62. The van der Waals surface area contributed by atoms with Crippen LogP contribution in [0.3, 0.4) is 0 Å². The normalized spacial score (nSPS) is 17.8. The van der Waals surface area contributed by atoms with Gasteiger partial charge in [-0.2, -0.15) is 4.98 Å². The lowest BCUT2D eigenvalue weighted by Gasteiger charge is -2.37. The van der Waals surface area contributed by atoms with Gasteiger partial charge in [0.2, 0.25) is 5.95 Å². The molecule has 41 heavy (non-hydrogen) atoms. The first kappa shape index (κ1) is 28.6. The van der Waals surface area contributed by atoms with Gasteiger partial charge in [0.05, 0.1) is 16.1 Å². The molecule has 9 nitrogen and oxygen atoms in total. The lowest BCUT2D eigenvalue weighted by Crippen LogP contribution is -2.54. The Balaban J connectivity index is 1.50. The van der Waals surface area contributed by atoms with E-state index < -0.39 is 21.2 Å². The van der Waals surface area contributed by atoms with Crippen LogP contribution in [0.1, 0.15) is 33.7 Å². The minimum atomic E-state index is -3.62. The number of rotatable bonds is 6. The molecular formula is C29H32F2N6O3S. The monoisotopic (exact) mass is 582 g/mol. The zero-order valence-electron chi connectivity index (χ0n) is 23.4. The van der Waals surface area contributed by atoms with Crippen LogP contribution in [-0.4, -0.2) is 54.4 Å². The molecule has 1 fully saturated rings. The van der Waals surface area contributed by atoms with Gasteiger partial charge in [0.15, 0.2) is 9.84 Å². The number of anilines is 3. The number of benzene rings is 2. The lowest BCUT2D eigenvalue weighted by molar-refractivity contribution is 0.404. The van der Waals surface area contributed by atoms with Crippen molar-refractivity contribution in [2.45, 2.75) is 50.7 Å². The van der Waals surface area contributed by atoms with E-state index in [1.54, 1.807) is 26.0 Å². The van der Waals surface area contributed by atoms with Crippen molar-refractivity contribution < 1.29 is 17.2 Å². The fourth-order valence-electron chi connectivity index (χ4n) is 5.29. The van der Waals surface area contributed by atoms with Crippen LogP contribution < -0.4 is 21.1 Å².